The largest absolute Gasteiger partial charge is 2.00 e. The van der Waals surface area contributed by atoms with Gasteiger partial charge in [-0.25, -0.2) is 0 Å². The SMILES string of the molecule is CCCO[PH+]=O.[Ca+2].[H-].[H-]. The first kappa shape index (κ1) is 11.2. The van der Waals surface area contributed by atoms with Gasteiger partial charge < -0.3 is 2.85 Å². The summed E-state index contributed by atoms with van der Waals surface area (Å²) in [5.41, 5.74) is 0. The summed E-state index contributed by atoms with van der Waals surface area (Å²) < 4.78 is 13.9. The Balaban J connectivity index is -0.0000000417. The minimum atomic E-state index is -0.585. The van der Waals surface area contributed by atoms with Gasteiger partial charge in [-0.2, -0.15) is 0 Å². The Morgan fingerprint density at radius 3 is 2.57 bits per heavy atom. The predicted octanol–water partition coefficient (Wildman–Crippen LogP) is 1.20. The second-order valence-corrected chi connectivity index (χ2v) is 1.39. The molecule has 0 radical (unpaired) electrons. The van der Waals surface area contributed by atoms with E-state index in [0.29, 0.717) is 6.61 Å². The fraction of sp³-hybridized carbons (Fsp3) is 1.00. The summed E-state index contributed by atoms with van der Waals surface area (Å²) in [6.07, 6.45) is 0.940. The van der Waals surface area contributed by atoms with Crippen LogP contribution in [0.3, 0.4) is 0 Å². The summed E-state index contributed by atoms with van der Waals surface area (Å²) in [5, 5.41) is 0. The van der Waals surface area contributed by atoms with Gasteiger partial charge in [0.1, 0.15) is 6.61 Å². The van der Waals surface area contributed by atoms with E-state index in [9.17, 15) is 4.57 Å². The van der Waals surface area contributed by atoms with Crippen molar-refractivity contribution in [3.05, 3.63) is 0 Å². The van der Waals surface area contributed by atoms with Crippen molar-refractivity contribution in [2.45, 2.75) is 13.3 Å². The first-order valence-corrected chi connectivity index (χ1v) is 2.72. The molecule has 0 bridgehead atoms. The summed E-state index contributed by atoms with van der Waals surface area (Å²) in [4.78, 5) is 0. The molecule has 0 saturated carbocycles. The van der Waals surface area contributed by atoms with E-state index in [-0.39, 0.29) is 40.6 Å². The van der Waals surface area contributed by atoms with Crippen LogP contribution in [-0.4, -0.2) is 44.3 Å². The van der Waals surface area contributed by atoms with E-state index in [1.165, 1.54) is 0 Å². The molecule has 0 fully saturated rings. The zero-order valence-electron chi connectivity index (χ0n) is 6.44. The third-order valence-electron chi connectivity index (χ3n) is 0.365. The van der Waals surface area contributed by atoms with Gasteiger partial charge in [0.2, 0.25) is 0 Å². The molecule has 0 aliphatic rings. The molecule has 7 heavy (non-hydrogen) atoms. The van der Waals surface area contributed by atoms with Crippen molar-refractivity contribution in [1.82, 2.24) is 0 Å². The van der Waals surface area contributed by atoms with Crippen molar-refractivity contribution in [2.24, 2.45) is 0 Å². The van der Waals surface area contributed by atoms with E-state index < -0.39 is 8.69 Å². The van der Waals surface area contributed by atoms with Crippen LogP contribution in [0.25, 0.3) is 0 Å². The maximum absolute atomic E-state index is 9.49. The first-order chi connectivity index (χ1) is 2.91. The van der Waals surface area contributed by atoms with Crippen LogP contribution < -0.4 is 0 Å². The van der Waals surface area contributed by atoms with Gasteiger partial charge in [0.15, 0.2) is 0 Å². The molecule has 1 unspecified atom stereocenters. The van der Waals surface area contributed by atoms with Crippen LogP contribution in [0.2, 0.25) is 0 Å². The summed E-state index contributed by atoms with van der Waals surface area (Å²) in [5.74, 6) is 0. The van der Waals surface area contributed by atoms with Crippen molar-refractivity contribution >= 4 is 46.4 Å². The van der Waals surface area contributed by atoms with Crippen molar-refractivity contribution in [1.29, 1.82) is 0 Å². The zero-order chi connectivity index (χ0) is 4.83. The molecular weight excluding hydrogens is 139 g/mol. The topological polar surface area (TPSA) is 26.3 Å². The van der Waals surface area contributed by atoms with Crippen LogP contribution >= 0.6 is 8.69 Å². The quantitative estimate of drug-likeness (QED) is 0.342. The van der Waals surface area contributed by atoms with Gasteiger partial charge >= 0.3 is 46.4 Å². The van der Waals surface area contributed by atoms with Crippen LogP contribution in [0.5, 0.6) is 0 Å². The standard InChI is InChI=1S/C3H8O2P.Ca.2H/c1-2-3-5-6-4;;;/h6H,2-3H2,1H3;;;/q+1;+2;2*-1. The molecule has 0 aromatic carbocycles. The molecule has 0 amide bonds. The normalized spacial score (nSPS) is 8.14. The summed E-state index contributed by atoms with van der Waals surface area (Å²) in [6, 6.07) is 0. The molecule has 0 heterocycles. The van der Waals surface area contributed by atoms with Crippen LogP contribution in [0.15, 0.2) is 0 Å². The second-order valence-electron chi connectivity index (χ2n) is 0.932. The molecule has 0 N–H and O–H groups in total. The van der Waals surface area contributed by atoms with E-state index in [4.69, 9.17) is 0 Å². The van der Waals surface area contributed by atoms with Crippen LogP contribution in [-0.2, 0) is 9.09 Å². The summed E-state index contributed by atoms with van der Waals surface area (Å²) >= 11 is 0. The number of hydrogen-bond donors (Lipinski definition) is 0. The van der Waals surface area contributed by atoms with Crippen molar-refractivity contribution in [2.75, 3.05) is 6.61 Å². The number of hydrogen-bond acceptors (Lipinski definition) is 2. The Morgan fingerprint density at radius 1 is 1.86 bits per heavy atom. The molecule has 40 valence electrons. The summed E-state index contributed by atoms with van der Waals surface area (Å²) in [7, 11) is -0.585. The molecule has 2 nitrogen and oxygen atoms in total. The average Bonchev–Trinajstić information content (AvgIpc) is 1.61. The molecule has 0 saturated heterocycles. The van der Waals surface area contributed by atoms with Crippen LogP contribution in [0, 0.1) is 0 Å². The van der Waals surface area contributed by atoms with E-state index >= 15 is 0 Å². The molecule has 0 aliphatic heterocycles. The molecule has 1 atom stereocenters. The molecular formula is C3H10CaO2P+. The molecule has 0 aromatic rings. The van der Waals surface area contributed by atoms with E-state index in [1.807, 2.05) is 6.92 Å². The molecule has 0 spiro atoms. The van der Waals surface area contributed by atoms with Gasteiger partial charge in [-0.15, -0.1) is 4.52 Å². The summed E-state index contributed by atoms with van der Waals surface area (Å²) in [6.45, 7) is 2.59. The Labute approximate surface area is 77.9 Å². The smallest absolute Gasteiger partial charge is 1.00 e. The fourth-order valence-corrected chi connectivity index (χ4v) is 0.431. The Kier molecular flexibility index (Phi) is 16.5. The molecule has 4 heteroatoms. The van der Waals surface area contributed by atoms with Crippen molar-refractivity contribution in [3.63, 3.8) is 0 Å². The predicted molar refractivity (Wildman–Crippen MR) is 33.2 cm³/mol. The second kappa shape index (κ2) is 10.3. The van der Waals surface area contributed by atoms with Crippen molar-refractivity contribution < 1.29 is 11.9 Å². The Hall–Kier alpha value is 1.32. The molecule has 0 rings (SSSR count). The van der Waals surface area contributed by atoms with Gasteiger partial charge in [-0.05, 0) is 11.0 Å². The van der Waals surface area contributed by atoms with Gasteiger partial charge in [0.05, 0.1) is 0 Å². The Morgan fingerprint density at radius 2 is 2.43 bits per heavy atom. The molecule has 0 aliphatic carbocycles. The van der Waals surface area contributed by atoms with Crippen LogP contribution in [0.1, 0.15) is 16.2 Å². The van der Waals surface area contributed by atoms with E-state index in [0.717, 1.165) is 6.42 Å². The first-order valence-electron chi connectivity index (χ1n) is 1.90. The minimum absolute atomic E-state index is 0. The third kappa shape index (κ3) is 11.1. The maximum Gasteiger partial charge on any atom is 2.00 e. The Bertz CT molecular complexity index is 48.8. The zero-order valence-corrected chi connectivity index (χ0v) is 7.65. The monoisotopic (exact) mass is 149 g/mol. The fourth-order valence-electron chi connectivity index (χ4n) is 0.144. The number of rotatable bonds is 3. The van der Waals surface area contributed by atoms with Gasteiger partial charge in [-0.1, -0.05) is 6.92 Å². The van der Waals surface area contributed by atoms with Crippen molar-refractivity contribution in [3.8, 4) is 0 Å². The minimum Gasteiger partial charge on any atom is -1.00 e. The van der Waals surface area contributed by atoms with Gasteiger partial charge in [-0.3, -0.25) is 0 Å². The maximum atomic E-state index is 9.49. The third-order valence-corrected chi connectivity index (χ3v) is 0.687. The van der Waals surface area contributed by atoms with E-state index in [2.05, 4.69) is 4.52 Å². The van der Waals surface area contributed by atoms with Crippen LogP contribution in [0.4, 0.5) is 0 Å². The van der Waals surface area contributed by atoms with Gasteiger partial charge in [0.25, 0.3) is 0 Å². The van der Waals surface area contributed by atoms with Gasteiger partial charge in [0, 0.05) is 0 Å². The average molecular weight is 149 g/mol. The molecule has 0 aromatic heterocycles. The van der Waals surface area contributed by atoms with E-state index in [1.54, 1.807) is 0 Å².